The van der Waals surface area contributed by atoms with E-state index in [-0.39, 0.29) is 0 Å². The fourth-order valence-corrected chi connectivity index (χ4v) is 2.99. The number of aromatic nitrogens is 2. The van der Waals surface area contributed by atoms with Crippen LogP contribution in [0.25, 0.3) is 33.4 Å². The summed E-state index contributed by atoms with van der Waals surface area (Å²) < 4.78 is 0. The maximum Gasteiger partial charge on any atom is 0.0925 e. The van der Waals surface area contributed by atoms with Gasteiger partial charge in [-0.05, 0) is 35.7 Å². The van der Waals surface area contributed by atoms with Gasteiger partial charge in [-0.2, -0.15) is 0 Å². The Labute approximate surface area is 141 Å². The Morgan fingerprint density at radius 1 is 0.625 bits per heavy atom. The smallest absolute Gasteiger partial charge is 0.0925 e. The lowest BCUT2D eigenvalue weighted by Gasteiger charge is -2.10. The normalized spacial score (nSPS) is 10.9. The van der Waals surface area contributed by atoms with Gasteiger partial charge in [-0.15, -0.1) is 0 Å². The van der Waals surface area contributed by atoms with Crippen LogP contribution in [0.3, 0.4) is 0 Å². The number of para-hydroxylation sites is 2. The highest BCUT2D eigenvalue weighted by Gasteiger charge is 2.10. The maximum absolute atomic E-state index is 4.89. The van der Waals surface area contributed by atoms with Gasteiger partial charge in [0, 0.05) is 5.56 Å². The Hall–Kier alpha value is -3.00. The van der Waals surface area contributed by atoms with E-state index in [4.69, 9.17) is 9.97 Å². The first-order valence-corrected chi connectivity index (χ1v) is 8.26. The first-order chi connectivity index (χ1) is 11.8. The molecule has 4 rings (SSSR count). The highest BCUT2D eigenvalue weighted by atomic mass is 14.8. The van der Waals surface area contributed by atoms with Gasteiger partial charge in [-0.1, -0.05) is 67.6 Å². The molecule has 0 fully saturated rings. The average Bonchev–Trinajstić information content (AvgIpc) is 2.67. The third kappa shape index (κ3) is 2.67. The van der Waals surface area contributed by atoms with Crippen LogP contribution in [-0.4, -0.2) is 9.97 Å². The van der Waals surface area contributed by atoms with Gasteiger partial charge in [0.05, 0.1) is 22.4 Å². The number of fused-ring (bicyclic) bond motifs is 1. The predicted molar refractivity (Wildman–Crippen MR) is 99.8 cm³/mol. The first-order valence-electron chi connectivity index (χ1n) is 8.26. The van der Waals surface area contributed by atoms with Crippen molar-refractivity contribution in [3.63, 3.8) is 0 Å². The summed E-state index contributed by atoms with van der Waals surface area (Å²) in [5, 5.41) is 0. The summed E-state index contributed by atoms with van der Waals surface area (Å²) >= 11 is 0. The fraction of sp³-hybridized carbons (Fsp3) is 0.0909. The van der Waals surface area contributed by atoms with Crippen molar-refractivity contribution < 1.29 is 0 Å². The molecule has 4 aromatic rings. The van der Waals surface area contributed by atoms with Gasteiger partial charge >= 0.3 is 0 Å². The minimum absolute atomic E-state index is 0.864. The standard InChI is InChI=1S/C22H18N2/c1-2-19-22(24-21-14-7-6-13-20(21)23-19)18-12-8-11-17(15-18)16-9-4-3-5-10-16/h3-15H,2H2,1H3. The summed E-state index contributed by atoms with van der Waals surface area (Å²) in [6.45, 7) is 2.13. The Kier molecular flexibility index (Phi) is 3.80. The molecule has 0 aliphatic rings. The van der Waals surface area contributed by atoms with Crippen LogP contribution in [-0.2, 0) is 6.42 Å². The summed E-state index contributed by atoms with van der Waals surface area (Å²) in [5.74, 6) is 0. The third-order valence-corrected chi connectivity index (χ3v) is 4.22. The molecule has 0 aliphatic carbocycles. The van der Waals surface area contributed by atoms with Crippen molar-refractivity contribution in [3.8, 4) is 22.4 Å². The topological polar surface area (TPSA) is 25.8 Å². The molecule has 0 N–H and O–H groups in total. The molecular formula is C22H18N2. The van der Waals surface area contributed by atoms with E-state index >= 15 is 0 Å². The summed E-state index contributed by atoms with van der Waals surface area (Å²) in [5.41, 5.74) is 7.45. The molecule has 0 spiro atoms. The van der Waals surface area contributed by atoms with E-state index in [2.05, 4.69) is 55.5 Å². The zero-order valence-electron chi connectivity index (χ0n) is 13.6. The first kappa shape index (κ1) is 14.6. The molecule has 1 aromatic heterocycles. The highest BCUT2D eigenvalue weighted by Crippen LogP contribution is 2.28. The van der Waals surface area contributed by atoms with Crippen LogP contribution < -0.4 is 0 Å². The molecule has 0 atom stereocenters. The Balaban J connectivity index is 1.88. The van der Waals surface area contributed by atoms with E-state index in [1.54, 1.807) is 0 Å². The molecule has 3 aromatic carbocycles. The molecule has 1 heterocycles. The molecular weight excluding hydrogens is 292 g/mol. The van der Waals surface area contributed by atoms with Crippen molar-refractivity contribution in [2.24, 2.45) is 0 Å². The summed E-state index contributed by atoms with van der Waals surface area (Å²) in [6, 6.07) is 27.0. The molecule has 0 radical (unpaired) electrons. The van der Waals surface area contributed by atoms with Crippen LogP contribution in [0.4, 0.5) is 0 Å². The van der Waals surface area contributed by atoms with Gasteiger partial charge in [0.1, 0.15) is 0 Å². The minimum atomic E-state index is 0.864. The third-order valence-electron chi connectivity index (χ3n) is 4.22. The van der Waals surface area contributed by atoms with E-state index in [1.807, 2.05) is 30.3 Å². The van der Waals surface area contributed by atoms with Gasteiger partial charge in [0.25, 0.3) is 0 Å². The molecule has 0 saturated carbocycles. The fourth-order valence-electron chi connectivity index (χ4n) is 2.99. The van der Waals surface area contributed by atoms with E-state index in [1.165, 1.54) is 11.1 Å². The lowest BCUT2D eigenvalue weighted by atomic mass is 10.0. The van der Waals surface area contributed by atoms with E-state index in [0.717, 1.165) is 34.4 Å². The van der Waals surface area contributed by atoms with Crippen molar-refractivity contribution in [3.05, 3.63) is 84.6 Å². The minimum Gasteiger partial charge on any atom is -0.249 e. The second-order valence-corrected chi connectivity index (χ2v) is 5.81. The number of hydrogen-bond donors (Lipinski definition) is 0. The van der Waals surface area contributed by atoms with Crippen molar-refractivity contribution in [1.29, 1.82) is 0 Å². The molecule has 0 aliphatic heterocycles. The van der Waals surface area contributed by atoms with Crippen molar-refractivity contribution in [1.82, 2.24) is 9.97 Å². The second-order valence-electron chi connectivity index (χ2n) is 5.81. The maximum atomic E-state index is 4.89. The van der Waals surface area contributed by atoms with Gasteiger partial charge in [-0.3, -0.25) is 0 Å². The molecule has 2 nitrogen and oxygen atoms in total. The van der Waals surface area contributed by atoms with Crippen LogP contribution in [0.5, 0.6) is 0 Å². The summed E-state index contributed by atoms with van der Waals surface area (Å²) in [7, 11) is 0. The molecule has 0 unspecified atom stereocenters. The largest absolute Gasteiger partial charge is 0.249 e. The molecule has 116 valence electrons. The Bertz CT molecular complexity index is 991. The van der Waals surface area contributed by atoms with Gasteiger partial charge in [-0.25, -0.2) is 9.97 Å². The lowest BCUT2D eigenvalue weighted by Crippen LogP contribution is -1.97. The Morgan fingerprint density at radius 3 is 2.00 bits per heavy atom. The van der Waals surface area contributed by atoms with Crippen molar-refractivity contribution in [2.45, 2.75) is 13.3 Å². The second kappa shape index (κ2) is 6.25. The molecule has 2 heteroatoms. The van der Waals surface area contributed by atoms with Crippen molar-refractivity contribution >= 4 is 11.0 Å². The highest BCUT2D eigenvalue weighted by molar-refractivity contribution is 5.80. The zero-order valence-corrected chi connectivity index (χ0v) is 13.6. The van der Waals surface area contributed by atoms with Gasteiger partial charge in [0.2, 0.25) is 0 Å². The van der Waals surface area contributed by atoms with E-state index < -0.39 is 0 Å². The Morgan fingerprint density at radius 2 is 1.25 bits per heavy atom. The van der Waals surface area contributed by atoms with Crippen LogP contribution in [0.15, 0.2) is 78.9 Å². The number of hydrogen-bond acceptors (Lipinski definition) is 2. The van der Waals surface area contributed by atoms with Crippen LogP contribution in [0, 0.1) is 0 Å². The van der Waals surface area contributed by atoms with Crippen LogP contribution in [0.1, 0.15) is 12.6 Å². The summed E-state index contributed by atoms with van der Waals surface area (Å²) in [6.07, 6.45) is 0.864. The number of benzene rings is 3. The summed E-state index contributed by atoms with van der Waals surface area (Å²) in [4.78, 5) is 9.70. The van der Waals surface area contributed by atoms with E-state index in [9.17, 15) is 0 Å². The lowest BCUT2D eigenvalue weighted by molar-refractivity contribution is 1.04. The number of nitrogens with zero attached hydrogens (tertiary/aromatic N) is 2. The van der Waals surface area contributed by atoms with Crippen molar-refractivity contribution in [2.75, 3.05) is 0 Å². The van der Waals surface area contributed by atoms with Gasteiger partial charge < -0.3 is 0 Å². The van der Waals surface area contributed by atoms with E-state index in [0.29, 0.717) is 0 Å². The monoisotopic (exact) mass is 310 g/mol. The van der Waals surface area contributed by atoms with Crippen LogP contribution in [0.2, 0.25) is 0 Å². The number of aryl methyl sites for hydroxylation is 1. The predicted octanol–water partition coefficient (Wildman–Crippen LogP) is 5.53. The zero-order chi connectivity index (χ0) is 16.4. The molecule has 24 heavy (non-hydrogen) atoms. The molecule has 0 saturated heterocycles. The van der Waals surface area contributed by atoms with Crippen LogP contribution >= 0.6 is 0 Å². The average molecular weight is 310 g/mol. The molecule has 0 amide bonds. The number of rotatable bonds is 3. The SMILES string of the molecule is CCc1nc2ccccc2nc1-c1cccc(-c2ccccc2)c1. The molecule has 0 bridgehead atoms. The van der Waals surface area contributed by atoms with Gasteiger partial charge in [0.15, 0.2) is 0 Å². The quantitative estimate of drug-likeness (QED) is 0.497.